The van der Waals surface area contributed by atoms with E-state index in [0.717, 1.165) is 35.5 Å². The summed E-state index contributed by atoms with van der Waals surface area (Å²) < 4.78 is 24.0. The number of rotatable bonds is 7. The van der Waals surface area contributed by atoms with E-state index in [2.05, 4.69) is 10.2 Å². The first kappa shape index (κ1) is 22.9. The Balaban J connectivity index is 1.53. The van der Waals surface area contributed by atoms with Crippen molar-refractivity contribution in [3.05, 3.63) is 99.5 Å². The van der Waals surface area contributed by atoms with Gasteiger partial charge in [0.25, 0.3) is 0 Å². The van der Waals surface area contributed by atoms with Gasteiger partial charge >= 0.3 is 0 Å². The van der Waals surface area contributed by atoms with Crippen LogP contribution in [0.25, 0.3) is 0 Å². The molecule has 1 fully saturated rings. The highest BCUT2D eigenvalue weighted by molar-refractivity contribution is 7.73. The van der Waals surface area contributed by atoms with Gasteiger partial charge in [0.05, 0.1) is 10.9 Å². The van der Waals surface area contributed by atoms with Crippen molar-refractivity contribution in [2.24, 2.45) is 5.92 Å². The molecule has 0 bridgehead atoms. The molecular formula is C25H24Cl2N2O2S. The number of hydrogen-bond donors (Lipinski definition) is 1. The van der Waals surface area contributed by atoms with Crippen molar-refractivity contribution < 1.29 is 8.42 Å². The largest absolute Gasteiger partial charge is 0.388 e. The average Bonchev–Trinajstić information content (AvgIpc) is 2.77. The van der Waals surface area contributed by atoms with Crippen molar-refractivity contribution in [2.75, 3.05) is 25.5 Å². The minimum atomic E-state index is -2.26. The van der Waals surface area contributed by atoms with E-state index in [-0.39, 0.29) is 12.0 Å². The molecule has 0 amide bonds. The van der Waals surface area contributed by atoms with E-state index in [1.54, 1.807) is 0 Å². The summed E-state index contributed by atoms with van der Waals surface area (Å²) in [5.41, 5.74) is 3.93. The van der Waals surface area contributed by atoms with Gasteiger partial charge in [0.2, 0.25) is 10.3 Å². The summed E-state index contributed by atoms with van der Waals surface area (Å²) >= 11 is 12.2. The zero-order chi connectivity index (χ0) is 22.7. The summed E-state index contributed by atoms with van der Waals surface area (Å²) in [6, 6.07) is 23.4. The molecule has 3 aromatic carbocycles. The summed E-state index contributed by atoms with van der Waals surface area (Å²) in [6.45, 7) is 1.62. The molecule has 0 atom stereocenters. The van der Waals surface area contributed by atoms with Crippen LogP contribution in [0.1, 0.15) is 29.2 Å². The zero-order valence-corrected chi connectivity index (χ0v) is 20.0. The molecule has 1 aliphatic rings. The molecule has 0 aliphatic carbocycles. The van der Waals surface area contributed by atoms with E-state index in [9.17, 15) is 8.42 Å². The van der Waals surface area contributed by atoms with Gasteiger partial charge in [-0.25, -0.2) is 0 Å². The third-order valence-corrected chi connectivity index (χ3v) is 7.18. The maximum absolute atomic E-state index is 12.0. The quantitative estimate of drug-likeness (QED) is 0.351. The van der Waals surface area contributed by atoms with E-state index in [1.807, 2.05) is 79.8 Å². The monoisotopic (exact) mass is 486 g/mol. The fourth-order valence-electron chi connectivity index (χ4n) is 4.25. The smallest absolute Gasteiger partial charge is 0.217 e. The van der Waals surface area contributed by atoms with Crippen LogP contribution >= 0.6 is 23.2 Å². The molecule has 3 aromatic rings. The van der Waals surface area contributed by atoms with Crippen molar-refractivity contribution in [2.45, 2.75) is 12.5 Å². The number of halogens is 2. The lowest BCUT2D eigenvalue weighted by Gasteiger charge is -2.45. The summed E-state index contributed by atoms with van der Waals surface area (Å²) in [6.07, 6.45) is 0.522. The first-order chi connectivity index (χ1) is 15.4. The molecule has 0 unspecified atom stereocenters. The fourth-order valence-corrected chi connectivity index (χ4v) is 5.19. The van der Waals surface area contributed by atoms with Crippen LogP contribution in [0.5, 0.6) is 0 Å². The van der Waals surface area contributed by atoms with Crippen LogP contribution in [0.15, 0.2) is 72.8 Å². The number of likely N-dealkylation sites (tertiary alicyclic amines) is 1. The topological polar surface area (TPSA) is 49.4 Å². The van der Waals surface area contributed by atoms with Gasteiger partial charge in [-0.3, -0.25) is 4.90 Å². The maximum atomic E-state index is 12.0. The summed E-state index contributed by atoms with van der Waals surface area (Å²) in [7, 11) is -0.437. The van der Waals surface area contributed by atoms with Crippen molar-refractivity contribution in [3.63, 3.8) is 0 Å². The molecule has 0 spiro atoms. The van der Waals surface area contributed by atoms with Crippen LogP contribution in [0.4, 0.5) is 5.69 Å². The number of nitrogens with zero attached hydrogens (tertiary/aromatic N) is 1. The van der Waals surface area contributed by atoms with Gasteiger partial charge < -0.3 is 5.32 Å². The van der Waals surface area contributed by atoms with Gasteiger partial charge in [-0.1, -0.05) is 59.6 Å². The minimum Gasteiger partial charge on any atom is -0.388 e. The second kappa shape index (κ2) is 10.1. The predicted octanol–water partition coefficient (Wildman–Crippen LogP) is 5.55. The molecule has 1 saturated heterocycles. The van der Waals surface area contributed by atoms with E-state index in [1.165, 1.54) is 0 Å². The van der Waals surface area contributed by atoms with Gasteiger partial charge in [0.1, 0.15) is 0 Å². The van der Waals surface area contributed by atoms with Crippen LogP contribution < -0.4 is 5.32 Å². The molecule has 0 saturated carbocycles. The molecule has 166 valence electrons. The van der Waals surface area contributed by atoms with Gasteiger partial charge in [-0.15, -0.1) is 0 Å². The normalized spacial score (nSPS) is 14.2. The third-order valence-electron chi connectivity index (χ3n) is 5.87. The Kier molecular flexibility index (Phi) is 7.21. The molecule has 0 aromatic heterocycles. The first-order valence-electron chi connectivity index (χ1n) is 10.4. The predicted molar refractivity (Wildman–Crippen MR) is 133 cm³/mol. The highest BCUT2D eigenvalue weighted by Gasteiger charge is 2.35. The molecule has 4 rings (SSSR count). The van der Waals surface area contributed by atoms with Crippen molar-refractivity contribution in [1.82, 2.24) is 4.90 Å². The first-order valence-corrected chi connectivity index (χ1v) is 12.3. The molecular weight excluding hydrogens is 463 g/mol. The molecule has 1 N–H and O–H groups in total. The number of hydrogen-bond acceptors (Lipinski definition) is 4. The van der Waals surface area contributed by atoms with E-state index in [0.29, 0.717) is 21.3 Å². The summed E-state index contributed by atoms with van der Waals surface area (Å²) in [5, 5.41) is 4.47. The number of benzene rings is 3. The highest BCUT2D eigenvalue weighted by Crippen LogP contribution is 2.36. The second-order valence-corrected chi connectivity index (χ2v) is 9.85. The molecule has 4 nitrogen and oxygen atoms in total. The molecule has 1 heterocycles. The van der Waals surface area contributed by atoms with Gasteiger partial charge in [-0.05, 0) is 65.4 Å². The van der Waals surface area contributed by atoms with E-state index >= 15 is 0 Å². The lowest BCUT2D eigenvalue weighted by atomic mass is 9.87. The average molecular weight is 487 g/mol. The zero-order valence-electron chi connectivity index (χ0n) is 17.6. The summed E-state index contributed by atoms with van der Waals surface area (Å²) in [4.78, 5) is 2.83. The molecule has 32 heavy (non-hydrogen) atoms. The molecule has 1 aliphatic heterocycles. The Bertz CT molecular complexity index is 1170. The Morgan fingerprint density at radius 1 is 0.969 bits per heavy atom. The lowest BCUT2D eigenvalue weighted by Crippen LogP contribution is -2.49. The Morgan fingerprint density at radius 3 is 2.03 bits per heavy atom. The van der Waals surface area contributed by atoms with Crippen LogP contribution in [0.3, 0.4) is 0 Å². The van der Waals surface area contributed by atoms with Crippen LogP contribution in [0, 0.1) is 5.92 Å². The fraction of sp³-hybridized carbons (Fsp3) is 0.240. The van der Waals surface area contributed by atoms with E-state index in [4.69, 9.17) is 23.2 Å². The highest BCUT2D eigenvalue weighted by atomic mass is 35.5. The minimum absolute atomic E-state index is 0.0644. The van der Waals surface area contributed by atoms with Crippen molar-refractivity contribution in [1.29, 1.82) is 0 Å². The SMILES string of the molecule is CNc1cccc(C(CC2CN(C(c3ccc(Cl)cc3)c3ccc(Cl)cc3)C2)=S(=O)=O)c1. The van der Waals surface area contributed by atoms with Crippen molar-refractivity contribution in [3.8, 4) is 0 Å². The van der Waals surface area contributed by atoms with Gasteiger partial charge in [-0.2, -0.15) is 8.42 Å². The van der Waals surface area contributed by atoms with E-state index < -0.39 is 10.3 Å². The number of anilines is 1. The van der Waals surface area contributed by atoms with Crippen LogP contribution in [0.2, 0.25) is 10.0 Å². The Hall–Kier alpha value is -2.31. The standard InChI is InChI=1S/C25H24Cl2N2O2S/c1-28-23-4-2-3-20(14-23)24(32(30)31)13-17-15-29(16-17)25(18-5-9-21(26)10-6-18)19-7-11-22(27)12-8-19/h2-12,14,17,25,28H,13,15-16H2,1H3. The Morgan fingerprint density at radius 2 is 1.53 bits per heavy atom. The lowest BCUT2D eigenvalue weighted by molar-refractivity contribution is 0.0732. The second-order valence-electron chi connectivity index (χ2n) is 8.02. The number of nitrogens with one attached hydrogen (secondary N) is 1. The molecule has 7 heteroatoms. The summed E-state index contributed by atoms with van der Waals surface area (Å²) in [5.74, 6) is 0.267. The third kappa shape index (κ3) is 5.18. The van der Waals surface area contributed by atoms with Gasteiger partial charge in [0.15, 0.2) is 0 Å². The van der Waals surface area contributed by atoms with Crippen LogP contribution in [-0.4, -0.2) is 38.3 Å². The Labute approximate surface area is 200 Å². The van der Waals surface area contributed by atoms with Gasteiger partial charge in [0, 0.05) is 35.9 Å². The maximum Gasteiger partial charge on any atom is 0.217 e. The van der Waals surface area contributed by atoms with Crippen LogP contribution in [-0.2, 0) is 10.3 Å². The van der Waals surface area contributed by atoms with Crippen molar-refractivity contribution >= 4 is 44.0 Å². The molecule has 0 radical (unpaired) electrons.